The number of aromatic carboxylic acids is 1. The number of ether oxygens (including phenoxy) is 3. The molecule has 0 aliphatic carbocycles. The van der Waals surface area contributed by atoms with Crippen LogP contribution < -0.4 is 18.9 Å². The zero-order valence-electron chi connectivity index (χ0n) is 23.7. The highest BCUT2D eigenvalue weighted by Crippen LogP contribution is 2.28. The van der Waals surface area contributed by atoms with Crippen LogP contribution in [0.1, 0.15) is 28.4 Å². The molecule has 0 radical (unpaired) electrons. The van der Waals surface area contributed by atoms with Gasteiger partial charge in [0.1, 0.15) is 29.9 Å². The minimum atomic E-state index is -4.24. The van der Waals surface area contributed by atoms with Gasteiger partial charge >= 0.3 is 11.9 Å². The van der Waals surface area contributed by atoms with Crippen LogP contribution in [0.25, 0.3) is 10.9 Å². The lowest BCUT2D eigenvalue weighted by Gasteiger charge is -2.15. The van der Waals surface area contributed by atoms with Crippen molar-refractivity contribution in [1.82, 2.24) is 9.29 Å². The van der Waals surface area contributed by atoms with Gasteiger partial charge in [-0.1, -0.05) is 5.92 Å². The second kappa shape index (κ2) is 13.3. The van der Waals surface area contributed by atoms with Crippen molar-refractivity contribution in [2.75, 3.05) is 20.8 Å². The van der Waals surface area contributed by atoms with E-state index in [0.29, 0.717) is 40.3 Å². The van der Waals surface area contributed by atoms with Crippen molar-refractivity contribution >= 4 is 32.9 Å². The highest BCUT2D eigenvalue weighted by atomic mass is 32.2. The van der Waals surface area contributed by atoms with Crippen LogP contribution in [0.4, 0.5) is 0 Å². The van der Waals surface area contributed by atoms with Gasteiger partial charge in [0.25, 0.3) is 0 Å². The summed E-state index contributed by atoms with van der Waals surface area (Å²) in [6.07, 6.45) is 1.44. The molecule has 3 aromatic carbocycles. The van der Waals surface area contributed by atoms with Crippen molar-refractivity contribution < 1.29 is 42.4 Å². The maximum Gasteiger partial charge on any atom is 0.335 e. The molecular weight excluding hydrogens is 576 g/mol. The molecule has 1 atom stereocenters. The third-order valence-corrected chi connectivity index (χ3v) is 8.10. The molecule has 0 saturated heterocycles. The minimum Gasteiger partial charge on any atom is -0.497 e. The number of nitrogens with one attached hydrogen (secondary N) is 1. The molecular formula is C31H30N2O9S. The van der Waals surface area contributed by atoms with Crippen LogP contribution in [0.5, 0.6) is 17.2 Å². The Morgan fingerprint density at radius 3 is 2.21 bits per heavy atom. The van der Waals surface area contributed by atoms with Crippen molar-refractivity contribution in [3.05, 3.63) is 83.6 Å². The molecule has 43 heavy (non-hydrogen) atoms. The quantitative estimate of drug-likeness (QED) is 0.193. The largest absolute Gasteiger partial charge is 0.497 e. The van der Waals surface area contributed by atoms with Gasteiger partial charge in [-0.05, 0) is 72.6 Å². The number of benzene rings is 3. The van der Waals surface area contributed by atoms with Crippen molar-refractivity contribution in [1.29, 1.82) is 0 Å². The monoisotopic (exact) mass is 606 g/mol. The molecule has 0 spiro atoms. The van der Waals surface area contributed by atoms with Crippen LogP contribution in [-0.2, 0) is 27.8 Å². The number of aromatic nitrogens is 1. The third-order valence-electron chi connectivity index (χ3n) is 6.62. The summed E-state index contributed by atoms with van der Waals surface area (Å²) in [6, 6.07) is 13.9. The molecule has 11 nitrogen and oxygen atoms in total. The fourth-order valence-corrected chi connectivity index (χ4v) is 5.70. The summed E-state index contributed by atoms with van der Waals surface area (Å²) in [7, 11) is -1.17. The summed E-state index contributed by atoms with van der Waals surface area (Å²) in [5.41, 5.74) is 1.90. The number of sulfonamides is 1. The molecule has 0 fully saturated rings. The van der Waals surface area contributed by atoms with Gasteiger partial charge in [0, 0.05) is 36.1 Å². The topological polar surface area (TPSA) is 153 Å². The zero-order chi connectivity index (χ0) is 31.1. The van der Waals surface area contributed by atoms with Crippen LogP contribution in [-0.4, -0.2) is 62.0 Å². The van der Waals surface area contributed by atoms with Crippen molar-refractivity contribution in [3.8, 4) is 29.1 Å². The Bertz CT molecular complexity index is 1800. The first-order chi connectivity index (χ1) is 20.5. The zero-order valence-corrected chi connectivity index (χ0v) is 24.5. The molecule has 4 aromatic rings. The molecule has 0 amide bonds. The highest BCUT2D eigenvalue weighted by Gasteiger charge is 2.27. The highest BCUT2D eigenvalue weighted by molar-refractivity contribution is 7.89. The number of nitrogens with zero attached hydrogens (tertiary/aromatic N) is 1. The van der Waals surface area contributed by atoms with E-state index >= 15 is 0 Å². The fourth-order valence-electron chi connectivity index (χ4n) is 4.51. The summed E-state index contributed by atoms with van der Waals surface area (Å²) in [5.74, 6) is 4.45. The number of carbonyl (C=O) groups is 2. The van der Waals surface area contributed by atoms with Crippen LogP contribution in [0.3, 0.4) is 0 Å². The predicted molar refractivity (Wildman–Crippen MR) is 158 cm³/mol. The summed E-state index contributed by atoms with van der Waals surface area (Å²) < 4.78 is 46.5. The number of rotatable bonds is 13. The molecule has 3 N–H and O–H groups in total. The van der Waals surface area contributed by atoms with Crippen molar-refractivity contribution in [2.45, 2.75) is 30.8 Å². The Hall–Kier alpha value is -4.99. The summed E-state index contributed by atoms with van der Waals surface area (Å²) in [4.78, 5) is 23.9. The molecule has 4 rings (SSSR count). The summed E-state index contributed by atoms with van der Waals surface area (Å²) in [6.45, 7) is 2.13. The van der Waals surface area contributed by atoms with Crippen LogP contribution >= 0.6 is 0 Å². The first kappa shape index (κ1) is 31.0. The molecule has 1 heterocycles. The maximum absolute atomic E-state index is 13.1. The van der Waals surface area contributed by atoms with Gasteiger partial charge in [-0.15, -0.1) is 5.92 Å². The Kier molecular flexibility index (Phi) is 9.59. The lowest BCUT2D eigenvalue weighted by molar-refractivity contribution is -0.138. The standard InChI is InChI=1S/C31H30N2O9S/c1-4-5-12-42-23-7-9-26(10-8-23)43(38,39)32-28(31(36)37)16-22-19-33(29-11-6-21(30(34)35)15-27(22)29)18-20-13-24(40-2)17-25(14-20)41-3/h6-11,13-15,17,19,28,32H,12,16,18H2,1-3H3,(H,34,35)(H,36,37)/t28-/m0/s1. The van der Waals surface area contributed by atoms with Gasteiger partial charge < -0.3 is 29.0 Å². The number of fused-ring (bicyclic) bond motifs is 1. The smallest absolute Gasteiger partial charge is 0.335 e. The van der Waals surface area contributed by atoms with Gasteiger partial charge in [0.2, 0.25) is 10.0 Å². The molecule has 1 aromatic heterocycles. The molecule has 12 heteroatoms. The van der Waals surface area contributed by atoms with Crippen LogP contribution in [0.2, 0.25) is 0 Å². The molecule has 0 aliphatic rings. The Labute approximate surface area is 248 Å². The third kappa shape index (κ3) is 7.45. The van der Waals surface area contributed by atoms with E-state index in [4.69, 9.17) is 14.2 Å². The lowest BCUT2D eigenvalue weighted by atomic mass is 10.0. The van der Waals surface area contributed by atoms with Crippen LogP contribution in [0.15, 0.2) is 71.8 Å². The number of methoxy groups -OCH3 is 2. The van der Waals surface area contributed by atoms with Gasteiger partial charge in [-0.2, -0.15) is 4.72 Å². The van der Waals surface area contributed by atoms with Gasteiger partial charge in [-0.3, -0.25) is 4.79 Å². The number of carboxylic acids is 2. The first-order valence-corrected chi connectivity index (χ1v) is 14.5. The van der Waals surface area contributed by atoms with E-state index in [1.807, 2.05) is 16.7 Å². The van der Waals surface area contributed by atoms with E-state index in [-0.39, 0.29) is 23.5 Å². The number of aliphatic carboxylic acids is 1. The Morgan fingerprint density at radius 2 is 1.63 bits per heavy atom. The number of hydrogen-bond acceptors (Lipinski definition) is 7. The van der Waals surface area contributed by atoms with E-state index in [0.717, 1.165) is 5.56 Å². The molecule has 0 unspecified atom stereocenters. The predicted octanol–water partition coefficient (Wildman–Crippen LogP) is 3.78. The van der Waals surface area contributed by atoms with E-state index in [1.54, 1.807) is 25.3 Å². The van der Waals surface area contributed by atoms with Crippen molar-refractivity contribution in [2.24, 2.45) is 0 Å². The Balaban J connectivity index is 1.67. The van der Waals surface area contributed by atoms with E-state index < -0.39 is 28.0 Å². The van der Waals surface area contributed by atoms with E-state index in [2.05, 4.69) is 16.6 Å². The normalized spacial score (nSPS) is 11.8. The van der Waals surface area contributed by atoms with Gasteiger partial charge in [0.15, 0.2) is 0 Å². The van der Waals surface area contributed by atoms with Crippen LogP contribution in [0, 0.1) is 11.8 Å². The first-order valence-electron chi connectivity index (χ1n) is 13.0. The number of hydrogen-bond donors (Lipinski definition) is 3. The lowest BCUT2D eigenvalue weighted by Crippen LogP contribution is -2.42. The number of carboxylic acid groups (broad SMARTS) is 2. The minimum absolute atomic E-state index is 0.00855. The Morgan fingerprint density at radius 1 is 0.953 bits per heavy atom. The molecule has 224 valence electrons. The SMILES string of the molecule is CC#CCOc1ccc(S(=O)(=O)N[C@@H](Cc2cn(Cc3cc(OC)cc(OC)c3)c3ccc(C(=O)O)cc23)C(=O)O)cc1. The van der Waals surface area contributed by atoms with E-state index in [9.17, 15) is 28.2 Å². The summed E-state index contributed by atoms with van der Waals surface area (Å²) >= 11 is 0. The fraction of sp³-hybridized carbons (Fsp3) is 0.226. The average molecular weight is 607 g/mol. The molecule has 0 saturated carbocycles. The average Bonchev–Trinajstić information content (AvgIpc) is 3.32. The maximum atomic E-state index is 13.1. The second-order valence-electron chi connectivity index (χ2n) is 9.44. The van der Waals surface area contributed by atoms with Gasteiger partial charge in [-0.25, -0.2) is 13.2 Å². The van der Waals surface area contributed by atoms with E-state index in [1.165, 1.54) is 50.6 Å². The second-order valence-corrected chi connectivity index (χ2v) is 11.2. The summed E-state index contributed by atoms with van der Waals surface area (Å²) in [5, 5.41) is 20.1. The van der Waals surface area contributed by atoms with Crippen molar-refractivity contribution in [3.63, 3.8) is 0 Å². The van der Waals surface area contributed by atoms with Gasteiger partial charge in [0.05, 0.1) is 24.7 Å². The molecule has 0 bridgehead atoms. The molecule has 0 aliphatic heterocycles.